The first-order valence-corrected chi connectivity index (χ1v) is 8.58. The Hall–Kier alpha value is -1.98. The number of carbonyl (C=O) groups excluding carboxylic acids is 2. The number of anilines is 1. The number of amides is 1. The number of thioether (sulfide) groups is 1. The highest BCUT2D eigenvalue weighted by Crippen LogP contribution is 2.26. The summed E-state index contributed by atoms with van der Waals surface area (Å²) < 4.78 is 4.92. The molecule has 4 nitrogen and oxygen atoms in total. The monoisotopic (exact) mass is 349 g/mol. The fraction of sp³-hybridized carbons (Fsp3) is 0.176. The molecule has 2 rings (SSSR count). The van der Waals surface area contributed by atoms with E-state index in [0.29, 0.717) is 23.4 Å². The van der Waals surface area contributed by atoms with Crippen molar-refractivity contribution in [3.63, 3.8) is 0 Å². The van der Waals surface area contributed by atoms with Crippen LogP contribution in [-0.2, 0) is 4.74 Å². The largest absolute Gasteiger partial charge is 0.462 e. The second-order valence-corrected chi connectivity index (χ2v) is 5.82. The first-order chi connectivity index (χ1) is 11.1. The van der Waals surface area contributed by atoms with Crippen molar-refractivity contribution < 1.29 is 14.3 Å². The Morgan fingerprint density at radius 1 is 1.22 bits per heavy atom. The number of hydrogen-bond acceptors (Lipinski definition) is 4. The molecule has 120 valence electrons. The first-order valence-electron chi connectivity index (χ1n) is 6.97. The Morgan fingerprint density at radius 2 is 1.96 bits per heavy atom. The molecular weight excluding hydrogens is 334 g/mol. The molecule has 23 heavy (non-hydrogen) atoms. The van der Waals surface area contributed by atoms with E-state index in [2.05, 4.69) is 5.32 Å². The smallest absolute Gasteiger partial charge is 0.338 e. The van der Waals surface area contributed by atoms with Crippen molar-refractivity contribution in [2.24, 2.45) is 0 Å². The van der Waals surface area contributed by atoms with Gasteiger partial charge in [0.2, 0.25) is 0 Å². The molecule has 6 heteroatoms. The molecule has 0 aromatic heterocycles. The fourth-order valence-electron chi connectivity index (χ4n) is 1.98. The molecule has 2 aromatic rings. The van der Waals surface area contributed by atoms with E-state index in [0.717, 1.165) is 4.90 Å². The molecule has 0 radical (unpaired) electrons. The summed E-state index contributed by atoms with van der Waals surface area (Å²) >= 11 is 7.65. The van der Waals surface area contributed by atoms with Crippen LogP contribution in [0.1, 0.15) is 27.6 Å². The Balaban J connectivity index is 2.20. The van der Waals surface area contributed by atoms with Crippen molar-refractivity contribution in [3.8, 4) is 0 Å². The highest BCUT2D eigenvalue weighted by atomic mass is 35.5. The average molecular weight is 350 g/mol. The summed E-state index contributed by atoms with van der Waals surface area (Å²) in [7, 11) is 0. The third-order valence-corrected chi connectivity index (χ3v) is 4.19. The second-order valence-electron chi connectivity index (χ2n) is 4.57. The van der Waals surface area contributed by atoms with Gasteiger partial charge in [0, 0.05) is 4.90 Å². The predicted molar refractivity (Wildman–Crippen MR) is 93.6 cm³/mol. The molecule has 0 aliphatic rings. The molecule has 0 bridgehead atoms. The van der Waals surface area contributed by atoms with E-state index < -0.39 is 5.97 Å². The number of hydrogen-bond donors (Lipinski definition) is 1. The minimum Gasteiger partial charge on any atom is -0.462 e. The van der Waals surface area contributed by atoms with Gasteiger partial charge in [-0.15, -0.1) is 11.8 Å². The first kappa shape index (κ1) is 17.4. The van der Waals surface area contributed by atoms with Crippen LogP contribution in [0.2, 0.25) is 5.02 Å². The van der Waals surface area contributed by atoms with Crippen molar-refractivity contribution in [3.05, 3.63) is 58.6 Å². The maximum atomic E-state index is 12.4. The summed E-state index contributed by atoms with van der Waals surface area (Å²) in [5.74, 6) is -0.694. The quantitative estimate of drug-likeness (QED) is 0.638. The van der Waals surface area contributed by atoms with Crippen molar-refractivity contribution in [1.29, 1.82) is 0 Å². The van der Waals surface area contributed by atoms with E-state index in [1.54, 1.807) is 31.2 Å². The standard InChI is InChI=1S/C17H16ClNO3S/c1-3-22-17(21)11-8-9-14(13(18)10-11)19-16(20)12-6-4-5-7-15(12)23-2/h4-10H,3H2,1-2H3,(H,19,20). The molecule has 0 heterocycles. The zero-order valence-corrected chi connectivity index (χ0v) is 14.3. The topological polar surface area (TPSA) is 55.4 Å². The molecule has 0 atom stereocenters. The Bertz CT molecular complexity index is 734. The third kappa shape index (κ3) is 4.27. The summed E-state index contributed by atoms with van der Waals surface area (Å²) in [5.41, 5.74) is 1.37. The number of rotatable bonds is 5. The second kappa shape index (κ2) is 8.04. The molecule has 1 amide bonds. The van der Waals surface area contributed by atoms with Crippen LogP contribution in [0.15, 0.2) is 47.4 Å². The zero-order chi connectivity index (χ0) is 16.8. The molecule has 0 spiro atoms. The van der Waals surface area contributed by atoms with E-state index in [1.165, 1.54) is 17.8 Å². The fourth-order valence-corrected chi connectivity index (χ4v) is 2.80. The Morgan fingerprint density at radius 3 is 2.61 bits per heavy atom. The molecule has 1 N–H and O–H groups in total. The summed E-state index contributed by atoms with van der Waals surface area (Å²) in [6.07, 6.45) is 1.91. The maximum absolute atomic E-state index is 12.4. The van der Waals surface area contributed by atoms with Crippen LogP contribution in [0.3, 0.4) is 0 Å². The van der Waals surface area contributed by atoms with Gasteiger partial charge in [-0.3, -0.25) is 4.79 Å². The summed E-state index contributed by atoms with van der Waals surface area (Å²) in [4.78, 5) is 24.9. The Kier molecular flexibility index (Phi) is 6.07. The van der Waals surface area contributed by atoms with E-state index in [1.807, 2.05) is 18.4 Å². The molecular formula is C17H16ClNO3S. The normalized spacial score (nSPS) is 10.2. The van der Waals surface area contributed by atoms with Gasteiger partial charge in [-0.05, 0) is 43.5 Å². The van der Waals surface area contributed by atoms with Crippen LogP contribution in [-0.4, -0.2) is 24.7 Å². The van der Waals surface area contributed by atoms with Gasteiger partial charge in [-0.2, -0.15) is 0 Å². The van der Waals surface area contributed by atoms with Gasteiger partial charge >= 0.3 is 5.97 Å². The third-order valence-electron chi connectivity index (χ3n) is 3.08. The molecule has 0 fully saturated rings. The van der Waals surface area contributed by atoms with E-state index in [4.69, 9.17) is 16.3 Å². The van der Waals surface area contributed by atoms with Crippen molar-refractivity contribution in [2.45, 2.75) is 11.8 Å². The SMILES string of the molecule is CCOC(=O)c1ccc(NC(=O)c2ccccc2SC)c(Cl)c1. The molecule has 0 aliphatic carbocycles. The number of halogens is 1. The van der Waals surface area contributed by atoms with Gasteiger partial charge in [-0.25, -0.2) is 4.79 Å². The van der Waals surface area contributed by atoms with Crippen LogP contribution >= 0.6 is 23.4 Å². The van der Waals surface area contributed by atoms with Gasteiger partial charge in [0.15, 0.2) is 0 Å². The lowest BCUT2D eigenvalue weighted by atomic mass is 10.2. The van der Waals surface area contributed by atoms with E-state index in [9.17, 15) is 9.59 Å². The van der Waals surface area contributed by atoms with Gasteiger partial charge in [0.1, 0.15) is 0 Å². The lowest BCUT2D eigenvalue weighted by Crippen LogP contribution is -2.13. The summed E-state index contributed by atoms with van der Waals surface area (Å²) in [6, 6.07) is 12.0. The lowest BCUT2D eigenvalue weighted by Gasteiger charge is -2.11. The van der Waals surface area contributed by atoms with Crippen molar-refractivity contribution >= 4 is 40.9 Å². The van der Waals surface area contributed by atoms with Gasteiger partial charge in [-0.1, -0.05) is 23.7 Å². The van der Waals surface area contributed by atoms with Gasteiger partial charge in [0.05, 0.1) is 28.4 Å². The molecule has 0 saturated heterocycles. The molecule has 2 aromatic carbocycles. The van der Waals surface area contributed by atoms with E-state index in [-0.39, 0.29) is 10.9 Å². The predicted octanol–water partition coefficient (Wildman–Crippen LogP) is 4.49. The lowest BCUT2D eigenvalue weighted by molar-refractivity contribution is 0.0526. The van der Waals surface area contributed by atoms with Crippen LogP contribution in [0, 0.1) is 0 Å². The number of esters is 1. The number of carbonyl (C=O) groups is 2. The van der Waals surface area contributed by atoms with E-state index >= 15 is 0 Å². The number of ether oxygens (including phenoxy) is 1. The zero-order valence-electron chi connectivity index (χ0n) is 12.8. The minimum absolute atomic E-state index is 0.249. The highest BCUT2D eigenvalue weighted by molar-refractivity contribution is 7.98. The van der Waals surface area contributed by atoms with Crippen molar-refractivity contribution in [1.82, 2.24) is 0 Å². The summed E-state index contributed by atoms with van der Waals surface area (Å²) in [5, 5.41) is 3.05. The minimum atomic E-state index is -0.444. The number of nitrogens with one attached hydrogen (secondary N) is 1. The molecule has 0 saturated carbocycles. The molecule has 0 aliphatic heterocycles. The maximum Gasteiger partial charge on any atom is 0.338 e. The number of benzene rings is 2. The molecule has 0 unspecified atom stereocenters. The van der Waals surface area contributed by atoms with Crippen LogP contribution in [0.25, 0.3) is 0 Å². The van der Waals surface area contributed by atoms with Crippen LogP contribution in [0.4, 0.5) is 5.69 Å². The van der Waals surface area contributed by atoms with Crippen LogP contribution in [0.5, 0.6) is 0 Å². The van der Waals surface area contributed by atoms with Gasteiger partial charge < -0.3 is 10.1 Å². The Labute approximate surface area is 144 Å². The summed E-state index contributed by atoms with van der Waals surface area (Å²) in [6.45, 7) is 2.03. The van der Waals surface area contributed by atoms with Crippen LogP contribution < -0.4 is 5.32 Å². The van der Waals surface area contributed by atoms with Crippen molar-refractivity contribution in [2.75, 3.05) is 18.2 Å². The average Bonchev–Trinajstić information content (AvgIpc) is 2.56. The van der Waals surface area contributed by atoms with Gasteiger partial charge in [0.25, 0.3) is 5.91 Å². The highest BCUT2D eigenvalue weighted by Gasteiger charge is 2.14.